The number of hydrogen-bond donors (Lipinski definition) is 2. The molecule has 92 valence electrons. The average Bonchev–Trinajstić information content (AvgIpc) is 2.29. The third-order valence-electron chi connectivity index (χ3n) is 3.16. The van der Waals surface area contributed by atoms with Crippen molar-refractivity contribution in [2.24, 2.45) is 11.7 Å². The van der Waals surface area contributed by atoms with Crippen LogP contribution in [-0.4, -0.2) is 18.2 Å². The maximum atomic E-state index is 5.43. The largest absolute Gasteiger partial charge is 0.376 e. The summed E-state index contributed by atoms with van der Waals surface area (Å²) < 4.78 is 0. The third kappa shape index (κ3) is 3.33. The van der Waals surface area contributed by atoms with E-state index in [1.807, 2.05) is 12.1 Å². The van der Waals surface area contributed by atoms with Gasteiger partial charge in [0.25, 0.3) is 0 Å². The Kier molecular flexibility index (Phi) is 3.84. The molecular weight excluding hydrogens is 230 g/mol. The number of benzene rings is 1. The van der Waals surface area contributed by atoms with Gasteiger partial charge in [-0.25, -0.2) is 0 Å². The first-order chi connectivity index (χ1) is 8.15. The first kappa shape index (κ1) is 12.2. The van der Waals surface area contributed by atoms with Crippen molar-refractivity contribution < 1.29 is 0 Å². The van der Waals surface area contributed by atoms with E-state index in [0.717, 1.165) is 24.7 Å². The highest BCUT2D eigenvalue weighted by Crippen LogP contribution is 2.24. The summed E-state index contributed by atoms with van der Waals surface area (Å²) >= 11 is 4.81. The Hall–Kier alpha value is -1.29. The Balaban J connectivity index is 2.04. The van der Waals surface area contributed by atoms with Crippen LogP contribution in [0.1, 0.15) is 19.8 Å². The van der Waals surface area contributed by atoms with Crippen LogP contribution in [0.15, 0.2) is 24.3 Å². The van der Waals surface area contributed by atoms with Gasteiger partial charge in [-0.2, -0.15) is 0 Å². The van der Waals surface area contributed by atoms with Crippen LogP contribution in [0, 0.1) is 5.92 Å². The van der Waals surface area contributed by atoms with Crippen LogP contribution in [0.4, 0.5) is 11.4 Å². The minimum absolute atomic E-state index is 0.310. The van der Waals surface area contributed by atoms with Gasteiger partial charge in [0.05, 0.1) is 0 Å². The van der Waals surface area contributed by atoms with Crippen molar-refractivity contribution in [2.45, 2.75) is 19.8 Å². The van der Waals surface area contributed by atoms with E-state index in [2.05, 4.69) is 29.3 Å². The fourth-order valence-corrected chi connectivity index (χ4v) is 2.44. The number of hydrogen-bond acceptors (Lipinski definition) is 2. The molecule has 1 heterocycles. The summed E-state index contributed by atoms with van der Waals surface area (Å²) in [6.07, 6.45) is 2.63. The van der Waals surface area contributed by atoms with Crippen LogP contribution in [0.3, 0.4) is 0 Å². The van der Waals surface area contributed by atoms with Crippen molar-refractivity contribution in [3.63, 3.8) is 0 Å². The summed E-state index contributed by atoms with van der Waals surface area (Å²) in [4.78, 5) is 2.44. The van der Waals surface area contributed by atoms with Crippen LogP contribution >= 0.6 is 12.2 Å². The zero-order chi connectivity index (χ0) is 12.3. The van der Waals surface area contributed by atoms with E-state index < -0.39 is 0 Å². The molecule has 0 radical (unpaired) electrons. The van der Waals surface area contributed by atoms with Crippen molar-refractivity contribution in [2.75, 3.05) is 23.3 Å². The predicted octanol–water partition coefficient (Wildman–Crippen LogP) is 2.58. The molecule has 1 atom stereocenters. The van der Waals surface area contributed by atoms with Crippen LogP contribution in [0.2, 0.25) is 0 Å². The molecule has 1 aromatic rings. The summed E-state index contributed by atoms with van der Waals surface area (Å²) in [6, 6.07) is 8.29. The molecule has 4 heteroatoms. The zero-order valence-corrected chi connectivity index (χ0v) is 11.0. The molecule has 1 unspecified atom stereocenters. The fraction of sp³-hybridized carbons (Fsp3) is 0.462. The first-order valence-electron chi connectivity index (χ1n) is 6.06. The Morgan fingerprint density at radius 2 is 2.12 bits per heavy atom. The van der Waals surface area contributed by atoms with E-state index in [1.165, 1.54) is 18.5 Å². The highest BCUT2D eigenvalue weighted by molar-refractivity contribution is 7.80. The molecule has 1 fully saturated rings. The second-order valence-electron chi connectivity index (χ2n) is 4.73. The number of piperidine rings is 1. The molecule has 0 saturated carbocycles. The molecular formula is C13H19N3S. The smallest absolute Gasteiger partial charge is 0.168 e. The van der Waals surface area contributed by atoms with Crippen molar-refractivity contribution >= 4 is 28.7 Å². The molecule has 1 aromatic carbocycles. The average molecular weight is 249 g/mol. The van der Waals surface area contributed by atoms with Crippen molar-refractivity contribution in [3.8, 4) is 0 Å². The maximum Gasteiger partial charge on any atom is 0.168 e. The molecule has 1 aliphatic rings. The van der Waals surface area contributed by atoms with Crippen LogP contribution < -0.4 is 16.0 Å². The lowest BCUT2D eigenvalue weighted by atomic mass is 10.00. The van der Waals surface area contributed by atoms with E-state index in [4.69, 9.17) is 18.0 Å². The molecule has 1 aliphatic heterocycles. The first-order valence-corrected chi connectivity index (χ1v) is 6.47. The highest BCUT2D eigenvalue weighted by Gasteiger charge is 2.16. The van der Waals surface area contributed by atoms with Gasteiger partial charge in [0.1, 0.15) is 0 Å². The van der Waals surface area contributed by atoms with Gasteiger partial charge in [-0.3, -0.25) is 0 Å². The van der Waals surface area contributed by atoms with Gasteiger partial charge in [-0.1, -0.05) is 6.92 Å². The van der Waals surface area contributed by atoms with E-state index in [0.29, 0.717) is 5.11 Å². The summed E-state index contributed by atoms with van der Waals surface area (Å²) in [6.45, 7) is 4.63. The predicted molar refractivity (Wildman–Crippen MR) is 77.5 cm³/mol. The van der Waals surface area contributed by atoms with Gasteiger partial charge in [-0.15, -0.1) is 0 Å². The van der Waals surface area contributed by atoms with Crippen molar-refractivity contribution in [1.82, 2.24) is 0 Å². The molecule has 3 nitrogen and oxygen atoms in total. The highest BCUT2D eigenvalue weighted by atomic mass is 32.1. The molecule has 0 aliphatic carbocycles. The van der Waals surface area contributed by atoms with Gasteiger partial charge in [0.2, 0.25) is 0 Å². The van der Waals surface area contributed by atoms with Gasteiger partial charge < -0.3 is 16.0 Å². The van der Waals surface area contributed by atoms with Crippen LogP contribution in [0.25, 0.3) is 0 Å². The van der Waals surface area contributed by atoms with Gasteiger partial charge in [0, 0.05) is 24.5 Å². The quantitative estimate of drug-likeness (QED) is 0.791. The number of thiocarbonyl (C=S) groups is 1. The van der Waals surface area contributed by atoms with Crippen LogP contribution in [0.5, 0.6) is 0 Å². The lowest BCUT2D eigenvalue weighted by molar-refractivity contribution is 0.447. The van der Waals surface area contributed by atoms with E-state index >= 15 is 0 Å². The summed E-state index contributed by atoms with van der Waals surface area (Å²) in [5, 5.41) is 3.24. The molecule has 0 bridgehead atoms. The molecule has 1 saturated heterocycles. The lowest BCUT2D eigenvalue weighted by Crippen LogP contribution is -2.34. The zero-order valence-electron chi connectivity index (χ0n) is 10.1. The normalized spacial score (nSPS) is 20.1. The molecule has 0 amide bonds. The molecule has 0 aromatic heterocycles. The maximum absolute atomic E-state index is 5.43. The SMILES string of the molecule is CC1CCCN(c2ccc(NC(N)=S)cc2)C1. The molecule has 3 N–H and O–H groups in total. The third-order valence-corrected chi connectivity index (χ3v) is 3.26. The lowest BCUT2D eigenvalue weighted by Gasteiger charge is -2.32. The fourth-order valence-electron chi connectivity index (χ4n) is 2.32. The standard InChI is InChI=1S/C13H19N3S/c1-10-3-2-8-16(9-10)12-6-4-11(5-7-12)15-13(14)17/h4-7,10H,2-3,8-9H2,1H3,(H3,14,15,17). The second-order valence-corrected chi connectivity index (χ2v) is 5.17. The van der Waals surface area contributed by atoms with Gasteiger partial charge in [-0.05, 0) is 55.2 Å². The van der Waals surface area contributed by atoms with E-state index in [9.17, 15) is 0 Å². The number of anilines is 2. The Bertz CT molecular complexity index is 388. The van der Waals surface area contributed by atoms with E-state index in [1.54, 1.807) is 0 Å². The summed E-state index contributed by atoms with van der Waals surface area (Å²) in [5.41, 5.74) is 7.67. The minimum Gasteiger partial charge on any atom is -0.376 e. The van der Waals surface area contributed by atoms with E-state index in [-0.39, 0.29) is 0 Å². The van der Waals surface area contributed by atoms with Crippen molar-refractivity contribution in [1.29, 1.82) is 0 Å². The molecule has 17 heavy (non-hydrogen) atoms. The monoisotopic (exact) mass is 249 g/mol. The number of nitrogens with zero attached hydrogens (tertiary/aromatic N) is 1. The summed E-state index contributed by atoms with van der Waals surface area (Å²) in [5.74, 6) is 0.790. The number of nitrogens with one attached hydrogen (secondary N) is 1. The van der Waals surface area contributed by atoms with Gasteiger partial charge >= 0.3 is 0 Å². The number of rotatable bonds is 2. The number of nitrogens with two attached hydrogens (primary N) is 1. The Labute approximate surface area is 108 Å². The topological polar surface area (TPSA) is 41.3 Å². The van der Waals surface area contributed by atoms with Crippen LogP contribution in [-0.2, 0) is 0 Å². The van der Waals surface area contributed by atoms with Crippen molar-refractivity contribution in [3.05, 3.63) is 24.3 Å². The Morgan fingerprint density at radius 3 is 2.71 bits per heavy atom. The molecule has 2 rings (SSSR count). The Morgan fingerprint density at radius 1 is 1.41 bits per heavy atom. The summed E-state index contributed by atoms with van der Waals surface area (Å²) in [7, 11) is 0. The minimum atomic E-state index is 0.310. The molecule has 0 spiro atoms. The van der Waals surface area contributed by atoms with Gasteiger partial charge in [0.15, 0.2) is 5.11 Å². The second kappa shape index (κ2) is 5.36.